The third-order valence-electron chi connectivity index (χ3n) is 6.31. The first-order valence-electron chi connectivity index (χ1n) is 11.9. The molecule has 190 valence electrons. The van der Waals surface area contributed by atoms with Crippen molar-refractivity contribution in [3.8, 4) is 11.3 Å². The zero-order valence-corrected chi connectivity index (χ0v) is 22.4. The predicted octanol–water partition coefficient (Wildman–Crippen LogP) is 4.50. The monoisotopic (exact) mass is 517 g/mol. The molecule has 8 heteroatoms. The minimum atomic E-state index is 0. The van der Waals surface area contributed by atoms with E-state index in [-0.39, 0.29) is 30.4 Å². The minimum absolute atomic E-state index is 0. The number of benzene rings is 2. The number of nitrogens with zero attached hydrogens (tertiary/aromatic N) is 4. The second-order valence-corrected chi connectivity index (χ2v) is 9.35. The van der Waals surface area contributed by atoms with Gasteiger partial charge >= 0.3 is 0 Å². The molecule has 0 saturated carbocycles. The quantitative estimate of drug-likeness (QED) is 0.499. The highest BCUT2D eigenvalue weighted by Crippen LogP contribution is 2.27. The van der Waals surface area contributed by atoms with E-state index >= 15 is 0 Å². The van der Waals surface area contributed by atoms with Gasteiger partial charge in [0.15, 0.2) is 0 Å². The highest BCUT2D eigenvalue weighted by atomic mass is 35.5. The summed E-state index contributed by atoms with van der Waals surface area (Å²) in [5, 5.41) is 4.80. The van der Waals surface area contributed by atoms with Gasteiger partial charge in [-0.1, -0.05) is 68.4 Å². The largest absolute Gasteiger partial charge is 0.364 e. The Kier molecular flexibility index (Phi) is 10.8. The van der Waals surface area contributed by atoms with Gasteiger partial charge in [-0.25, -0.2) is 4.68 Å². The van der Waals surface area contributed by atoms with Gasteiger partial charge in [0.25, 0.3) is 5.56 Å². The second-order valence-electron chi connectivity index (χ2n) is 9.35. The molecule has 2 N–H and O–H groups in total. The van der Waals surface area contributed by atoms with Crippen molar-refractivity contribution in [1.29, 1.82) is 0 Å². The summed E-state index contributed by atoms with van der Waals surface area (Å²) in [5.74, 6) is 0.334. The smallest absolute Gasteiger partial charge is 0.290 e. The average molecular weight is 519 g/mol. The lowest BCUT2D eigenvalue weighted by molar-refractivity contribution is 0.249. The van der Waals surface area contributed by atoms with E-state index in [1.165, 1.54) is 5.56 Å². The summed E-state index contributed by atoms with van der Waals surface area (Å²) in [6.45, 7) is 11.9. The van der Waals surface area contributed by atoms with Crippen LogP contribution in [0, 0.1) is 12.8 Å². The van der Waals surface area contributed by atoms with Gasteiger partial charge in [-0.2, -0.15) is 5.10 Å². The van der Waals surface area contributed by atoms with E-state index in [2.05, 4.69) is 66.1 Å². The van der Waals surface area contributed by atoms with Crippen LogP contribution in [-0.2, 0) is 19.6 Å². The van der Waals surface area contributed by atoms with Gasteiger partial charge in [0.1, 0.15) is 5.69 Å². The Hall–Kier alpha value is -2.38. The molecule has 0 amide bonds. The number of aromatic nitrogens is 2. The van der Waals surface area contributed by atoms with Crippen molar-refractivity contribution >= 4 is 30.5 Å². The fraction of sp³-hybridized carbons (Fsp3) is 0.407. The summed E-state index contributed by atoms with van der Waals surface area (Å²) in [6, 6.07) is 18.8. The molecular weight excluding hydrogens is 481 g/mol. The molecule has 1 saturated heterocycles. The lowest BCUT2D eigenvalue weighted by atomic mass is 10.0. The summed E-state index contributed by atoms with van der Waals surface area (Å²) >= 11 is 0. The predicted molar refractivity (Wildman–Crippen MR) is 150 cm³/mol. The molecule has 1 aromatic heterocycles. The molecule has 6 nitrogen and oxygen atoms in total. The first kappa shape index (κ1) is 28.9. The van der Waals surface area contributed by atoms with Crippen molar-refractivity contribution in [3.05, 3.63) is 81.6 Å². The van der Waals surface area contributed by atoms with Crippen LogP contribution in [0.3, 0.4) is 0 Å². The Balaban J connectivity index is 0.00000216. The minimum Gasteiger partial charge on any atom is -0.364 e. The molecule has 2 aromatic carbocycles. The maximum Gasteiger partial charge on any atom is 0.290 e. The first-order valence-corrected chi connectivity index (χ1v) is 11.9. The maximum absolute atomic E-state index is 13.5. The fourth-order valence-corrected chi connectivity index (χ4v) is 4.52. The molecular formula is C27H37Cl2N5O. The Morgan fingerprint density at radius 1 is 0.914 bits per heavy atom. The molecule has 0 aliphatic carbocycles. The number of anilines is 1. The van der Waals surface area contributed by atoms with Crippen molar-refractivity contribution in [1.82, 2.24) is 14.7 Å². The van der Waals surface area contributed by atoms with E-state index in [0.29, 0.717) is 19.0 Å². The summed E-state index contributed by atoms with van der Waals surface area (Å²) in [4.78, 5) is 18.2. The lowest BCUT2D eigenvalue weighted by Gasteiger charge is -2.36. The van der Waals surface area contributed by atoms with Crippen LogP contribution >= 0.6 is 24.8 Å². The molecule has 0 radical (unpaired) electrons. The Morgan fingerprint density at radius 3 is 2.11 bits per heavy atom. The van der Waals surface area contributed by atoms with Gasteiger partial charge in [0.05, 0.1) is 5.69 Å². The number of hydrogen-bond donors (Lipinski definition) is 1. The Morgan fingerprint density at radius 2 is 1.54 bits per heavy atom. The highest BCUT2D eigenvalue weighted by Gasteiger charge is 2.24. The zero-order chi connectivity index (χ0) is 23.4. The van der Waals surface area contributed by atoms with E-state index in [1.54, 1.807) is 4.68 Å². The van der Waals surface area contributed by atoms with Crippen LogP contribution in [0.4, 0.5) is 5.69 Å². The van der Waals surface area contributed by atoms with E-state index in [9.17, 15) is 4.79 Å². The summed E-state index contributed by atoms with van der Waals surface area (Å²) < 4.78 is 1.66. The van der Waals surface area contributed by atoms with Crippen molar-refractivity contribution in [2.45, 2.75) is 40.4 Å². The van der Waals surface area contributed by atoms with Crippen LogP contribution in [0.2, 0.25) is 0 Å². The van der Waals surface area contributed by atoms with Crippen molar-refractivity contribution < 1.29 is 0 Å². The number of rotatable bonds is 7. The fourth-order valence-electron chi connectivity index (χ4n) is 4.52. The van der Waals surface area contributed by atoms with Gasteiger partial charge in [-0.05, 0) is 24.0 Å². The second kappa shape index (κ2) is 13.1. The first-order chi connectivity index (χ1) is 16.0. The standard InChI is InChI=1S/C27H35N5O.2ClH/c1-20(2)18-32-27(33)26(21(3)25(29-32)24-11-9-22(17-28)10-12-24)31-15-13-30(14-16-31)19-23-7-5-4-6-8-23;;/h4-12,20H,13-19,28H2,1-3H3;2*1H. The van der Waals surface area contributed by atoms with Crippen LogP contribution in [-0.4, -0.2) is 40.9 Å². The lowest BCUT2D eigenvalue weighted by Crippen LogP contribution is -2.48. The third kappa shape index (κ3) is 6.85. The SMILES string of the molecule is Cc1c(-c2ccc(CN)cc2)nn(CC(C)C)c(=O)c1N1CCN(Cc2ccccc2)CC1.Cl.Cl. The Bertz CT molecular complexity index is 1120. The van der Waals surface area contributed by atoms with Gasteiger partial charge in [-0.15, -0.1) is 24.8 Å². The molecule has 35 heavy (non-hydrogen) atoms. The van der Waals surface area contributed by atoms with Crippen LogP contribution in [0.1, 0.15) is 30.5 Å². The van der Waals surface area contributed by atoms with Gasteiger partial charge in [0.2, 0.25) is 0 Å². The zero-order valence-electron chi connectivity index (χ0n) is 20.8. The van der Waals surface area contributed by atoms with Crippen molar-refractivity contribution in [2.24, 2.45) is 11.7 Å². The van der Waals surface area contributed by atoms with Gasteiger partial charge in [0, 0.05) is 56.9 Å². The van der Waals surface area contributed by atoms with E-state index in [4.69, 9.17) is 10.8 Å². The number of piperazine rings is 1. The van der Waals surface area contributed by atoms with E-state index < -0.39 is 0 Å². The van der Waals surface area contributed by atoms with Crippen LogP contribution in [0.5, 0.6) is 0 Å². The van der Waals surface area contributed by atoms with E-state index in [1.807, 2.05) is 19.1 Å². The molecule has 0 atom stereocenters. The summed E-state index contributed by atoms with van der Waals surface area (Å²) in [7, 11) is 0. The number of nitrogens with two attached hydrogens (primary N) is 1. The number of halogens is 2. The van der Waals surface area contributed by atoms with E-state index in [0.717, 1.165) is 60.8 Å². The molecule has 1 fully saturated rings. The topological polar surface area (TPSA) is 67.4 Å². The van der Waals surface area contributed by atoms with Crippen molar-refractivity contribution in [2.75, 3.05) is 31.1 Å². The molecule has 0 bridgehead atoms. The van der Waals surface area contributed by atoms with Crippen molar-refractivity contribution in [3.63, 3.8) is 0 Å². The van der Waals surface area contributed by atoms with Crippen LogP contribution in [0.25, 0.3) is 11.3 Å². The summed E-state index contributed by atoms with van der Waals surface area (Å²) in [6.07, 6.45) is 0. The molecule has 1 aliphatic rings. The average Bonchev–Trinajstić information content (AvgIpc) is 2.82. The van der Waals surface area contributed by atoms with Crippen LogP contribution < -0.4 is 16.2 Å². The highest BCUT2D eigenvalue weighted by molar-refractivity contribution is 5.85. The summed E-state index contributed by atoms with van der Waals surface area (Å²) in [5.41, 5.74) is 11.8. The molecule has 1 aliphatic heterocycles. The molecule has 3 aromatic rings. The van der Waals surface area contributed by atoms with Gasteiger partial charge < -0.3 is 10.6 Å². The molecule has 2 heterocycles. The normalized spacial score (nSPS) is 13.9. The third-order valence-corrected chi connectivity index (χ3v) is 6.31. The molecule has 4 rings (SSSR count). The molecule has 0 unspecified atom stereocenters. The number of hydrogen-bond acceptors (Lipinski definition) is 5. The maximum atomic E-state index is 13.5. The Labute approximate surface area is 220 Å². The molecule has 0 spiro atoms. The van der Waals surface area contributed by atoms with Crippen LogP contribution in [0.15, 0.2) is 59.4 Å². The van der Waals surface area contributed by atoms with Gasteiger partial charge in [-0.3, -0.25) is 9.69 Å².